The highest BCUT2D eigenvalue weighted by atomic mass is 127. The van der Waals surface area contributed by atoms with E-state index in [0.717, 1.165) is 14.2 Å². The van der Waals surface area contributed by atoms with Crippen LogP contribution in [0.3, 0.4) is 0 Å². The maximum atomic E-state index is 5.58. The van der Waals surface area contributed by atoms with Gasteiger partial charge in [-0.25, -0.2) is 0 Å². The number of hydrogen-bond donors (Lipinski definition) is 1. The van der Waals surface area contributed by atoms with E-state index in [1.165, 1.54) is 11.3 Å². The Labute approximate surface area is 98.2 Å². The molecule has 74 valence electrons. The summed E-state index contributed by atoms with van der Waals surface area (Å²) in [6.07, 6.45) is 0. The highest BCUT2D eigenvalue weighted by Crippen LogP contribution is 2.35. The molecule has 0 unspecified atom stereocenters. The van der Waals surface area contributed by atoms with Gasteiger partial charge in [0.05, 0.1) is 12.0 Å². The van der Waals surface area contributed by atoms with Gasteiger partial charge in [-0.1, -0.05) is 5.16 Å². The number of hydrogen-bond acceptors (Lipinski definition) is 5. The van der Waals surface area contributed by atoms with Gasteiger partial charge in [0.15, 0.2) is 11.6 Å². The van der Waals surface area contributed by atoms with Crippen LogP contribution in [0.2, 0.25) is 0 Å². The Hall–Kier alpha value is -0.760. The molecular formula is C8H7IN2O2S. The molecule has 0 fully saturated rings. The van der Waals surface area contributed by atoms with E-state index in [-0.39, 0.29) is 0 Å². The second-order valence-corrected chi connectivity index (χ2v) is 4.55. The highest BCUT2D eigenvalue weighted by Gasteiger charge is 2.14. The van der Waals surface area contributed by atoms with E-state index in [2.05, 4.69) is 27.7 Å². The smallest absolute Gasteiger partial charge is 0.192 e. The third kappa shape index (κ3) is 1.59. The zero-order valence-corrected chi connectivity index (χ0v) is 10.3. The largest absolute Gasteiger partial charge is 0.496 e. The molecule has 2 aromatic heterocycles. The average molecular weight is 322 g/mol. The van der Waals surface area contributed by atoms with E-state index in [1.807, 2.05) is 11.4 Å². The topological polar surface area (TPSA) is 61.3 Å². The van der Waals surface area contributed by atoms with E-state index in [9.17, 15) is 0 Å². The van der Waals surface area contributed by atoms with Gasteiger partial charge in [0, 0.05) is 11.4 Å². The Bertz CT molecular complexity index is 452. The summed E-state index contributed by atoms with van der Waals surface area (Å²) in [5.74, 6) is 1.94. The molecule has 0 radical (unpaired) electrons. The molecule has 0 aliphatic carbocycles. The second-order valence-electron chi connectivity index (χ2n) is 2.56. The van der Waals surface area contributed by atoms with Crippen LogP contribution in [0.4, 0.5) is 5.82 Å². The molecule has 0 spiro atoms. The quantitative estimate of drug-likeness (QED) is 0.864. The lowest BCUT2D eigenvalue weighted by Crippen LogP contribution is -1.85. The Morgan fingerprint density at radius 2 is 2.43 bits per heavy atom. The van der Waals surface area contributed by atoms with Crippen LogP contribution in [0.1, 0.15) is 0 Å². The van der Waals surface area contributed by atoms with Gasteiger partial charge in [-0.3, -0.25) is 0 Å². The summed E-state index contributed by atoms with van der Waals surface area (Å²) in [6, 6.07) is 1.90. The van der Waals surface area contributed by atoms with Gasteiger partial charge < -0.3 is 15.0 Å². The lowest BCUT2D eigenvalue weighted by atomic mass is 10.3. The van der Waals surface area contributed by atoms with Crippen molar-refractivity contribution in [2.45, 2.75) is 0 Å². The molecule has 2 N–H and O–H groups in total. The zero-order chi connectivity index (χ0) is 10.1. The van der Waals surface area contributed by atoms with Gasteiger partial charge in [0.25, 0.3) is 0 Å². The van der Waals surface area contributed by atoms with Crippen LogP contribution >= 0.6 is 33.9 Å². The molecule has 0 atom stereocenters. The molecule has 0 bridgehead atoms. The average Bonchev–Trinajstić information content (AvgIpc) is 2.75. The van der Waals surface area contributed by atoms with Gasteiger partial charge in [0.1, 0.15) is 9.32 Å². The van der Waals surface area contributed by atoms with Crippen LogP contribution in [-0.2, 0) is 0 Å². The van der Waals surface area contributed by atoms with Crippen molar-refractivity contribution in [1.82, 2.24) is 5.16 Å². The Morgan fingerprint density at radius 3 is 2.93 bits per heavy atom. The summed E-state index contributed by atoms with van der Waals surface area (Å²) >= 11 is 3.65. The Balaban J connectivity index is 2.44. The molecule has 0 amide bonds. The monoisotopic (exact) mass is 322 g/mol. The number of nitrogens with two attached hydrogens (primary N) is 1. The van der Waals surface area contributed by atoms with Crippen LogP contribution in [-0.4, -0.2) is 12.3 Å². The predicted octanol–water partition coefficient (Wildman–Crippen LogP) is 2.60. The maximum Gasteiger partial charge on any atom is 0.192 e. The Morgan fingerprint density at radius 1 is 1.64 bits per heavy atom. The summed E-state index contributed by atoms with van der Waals surface area (Å²) in [7, 11) is 1.63. The standard InChI is InChI=1S/C8H7IN2O2S/c1-12-4-2-5(14-3-4)7-6(9)8(10)11-13-7/h2-3H,1H3,(H2,10,11). The van der Waals surface area contributed by atoms with E-state index in [0.29, 0.717) is 11.6 Å². The molecule has 2 heterocycles. The minimum absolute atomic E-state index is 0.424. The first-order chi connectivity index (χ1) is 6.72. The highest BCUT2D eigenvalue weighted by molar-refractivity contribution is 14.1. The molecule has 0 saturated heterocycles. The fourth-order valence-electron chi connectivity index (χ4n) is 0.989. The van der Waals surface area contributed by atoms with E-state index in [1.54, 1.807) is 7.11 Å². The third-order valence-electron chi connectivity index (χ3n) is 1.69. The van der Waals surface area contributed by atoms with Crippen molar-refractivity contribution >= 4 is 39.7 Å². The number of nitrogens with zero attached hydrogens (tertiary/aromatic N) is 1. The maximum absolute atomic E-state index is 5.58. The summed E-state index contributed by atoms with van der Waals surface area (Å²) in [5, 5.41) is 5.60. The first-order valence-corrected chi connectivity index (χ1v) is 5.71. The van der Waals surface area contributed by atoms with Crippen LogP contribution in [0.25, 0.3) is 10.6 Å². The first kappa shape index (κ1) is 9.78. The third-order valence-corrected chi connectivity index (χ3v) is 3.64. The van der Waals surface area contributed by atoms with Gasteiger partial charge in [-0.15, -0.1) is 11.3 Å². The first-order valence-electron chi connectivity index (χ1n) is 3.76. The van der Waals surface area contributed by atoms with E-state index >= 15 is 0 Å². The van der Waals surface area contributed by atoms with Gasteiger partial charge >= 0.3 is 0 Å². The van der Waals surface area contributed by atoms with Crippen LogP contribution in [0.15, 0.2) is 16.0 Å². The summed E-state index contributed by atoms with van der Waals surface area (Å²) in [4.78, 5) is 0.968. The minimum atomic E-state index is 0.424. The lowest BCUT2D eigenvalue weighted by molar-refractivity contribution is 0.416. The fraction of sp³-hybridized carbons (Fsp3) is 0.125. The molecule has 2 rings (SSSR count). The SMILES string of the molecule is COc1csc(-c2onc(N)c2I)c1. The fourth-order valence-corrected chi connectivity index (χ4v) is 2.50. The molecule has 0 aromatic carbocycles. The predicted molar refractivity (Wildman–Crippen MR) is 63.5 cm³/mol. The van der Waals surface area contributed by atoms with Crippen molar-refractivity contribution in [3.8, 4) is 16.4 Å². The molecule has 0 aliphatic heterocycles. The van der Waals surface area contributed by atoms with Crippen LogP contribution in [0, 0.1) is 3.57 Å². The summed E-state index contributed by atoms with van der Waals surface area (Å²) in [6.45, 7) is 0. The normalized spacial score (nSPS) is 10.4. The van der Waals surface area contributed by atoms with Gasteiger partial charge in [-0.2, -0.15) is 0 Å². The molecule has 4 nitrogen and oxygen atoms in total. The molecule has 6 heteroatoms. The number of halogens is 1. The van der Waals surface area contributed by atoms with Crippen LogP contribution in [0.5, 0.6) is 5.75 Å². The van der Waals surface area contributed by atoms with Crippen molar-refractivity contribution in [3.05, 3.63) is 15.0 Å². The number of anilines is 1. The number of ether oxygens (including phenoxy) is 1. The minimum Gasteiger partial charge on any atom is -0.496 e. The second kappa shape index (κ2) is 3.77. The number of methoxy groups -OCH3 is 1. The van der Waals surface area contributed by atoms with Gasteiger partial charge in [-0.05, 0) is 22.6 Å². The Kier molecular flexibility index (Phi) is 2.64. The lowest BCUT2D eigenvalue weighted by Gasteiger charge is -1.90. The molecule has 2 aromatic rings. The van der Waals surface area contributed by atoms with E-state index < -0.39 is 0 Å². The zero-order valence-electron chi connectivity index (χ0n) is 7.28. The summed E-state index contributed by atoms with van der Waals surface area (Å²) < 4.78 is 11.0. The number of nitrogen functional groups attached to an aromatic ring is 1. The number of aromatic nitrogens is 1. The van der Waals surface area contributed by atoms with Crippen LogP contribution < -0.4 is 10.5 Å². The number of rotatable bonds is 2. The van der Waals surface area contributed by atoms with Crippen molar-refractivity contribution in [3.63, 3.8) is 0 Å². The molecule has 0 aliphatic rings. The summed E-state index contributed by atoms with van der Waals surface area (Å²) in [5.41, 5.74) is 5.58. The van der Waals surface area contributed by atoms with E-state index in [4.69, 9.17) is 15.0 Å². The molecular weight excluding hydrogens is 315 g/mol. The van der Waals surface area contributed by atoms with Crippen molar-refractivity contribution in [2.24, 2.45) is 0 Å². The molecule has 14 heavy (non-hydrogen) atoms. The van der Waals surface area contributed by atoms with Crippen molar-refractivity contribution < 1.29 is 9.26 Å². The van der Waals surface area contributed by atoms with Gasteiger partial charge in [0.2, 0.25) is 0 Å². The van der Waals surface area contributed by atoms with Crippen molar-refractivity contribution in [2.75, 3.05) is 12.8 Å². The molecule has 0 saturated carbocycles. The van der Waals surface area contributed by atoms with Crippen molar-refractivity contribution in [1.29, 1.82) is 0 Å². The number of thiophene rings is 1.